The van der Waals surface area contributed by atoms with Gasteiger partial charge < -0.3 is 0 Å². The summed E-state index contributed by atoms with van der Waals surface area (Å²) < 4.78 is 0. The largest absolute Gasteiger partial charge is 0.119 e. The van der Waals surface area contributed by atoms with Crippen molar-refractivity contribution < 1.29 is 0 Å². The Morgan fingerprint density at radius 2 is 1.50 bits per heavy atom. The molecule has 0 nitrogen and oxygen atoms in total. The van der Waals surface area contributed by atoms with E-state index in [9.17, 15) is 0 Å². The van der Waals surface area contributed by atoms with Crippen LogP contribution in [0.5, 0.6) is 0 Å². The molecule has 0 saturated heterocycles. The molecule has 0 saturated carbocycles. The molecular formula is C14H18. The molecule has 0 aromatic heterocycles. The van der Waals surface area contributed by atoms with Crippen LogP contribution in [0.1, 0.15) is 33.3 Å². The highest BCUT2D eigenvalue weighted by atomic mass is 14.4. The molecule has 0 heteroatoms. The second-order valence-corrected chi connectivity index (χ2v) is 4.89. The molecule has 1 aromatic carbocycles. The van der Waals surface area contributed by atoms with Crippen molar-refractivity contribution in [1.29, 1.82) is 0 Å². The highest BCUT2D eigenvalue weighted by Gasteiger charge is 2.37. The highest BCUT2D eigenvalue weighted by Crippen LogP contribution is 2.40. The van der Waals surface area contributed by atoms with Crippen LogP contribution in [0.4, 0.5) is 0 Å². The topological polar surface area (TPSA) is 0 Å². The normalized spacial score (nSPS) is 15.6. The molecule has 1 aromatic rings. The minimum Gasteiger partial charge on any atom is -0.119 e. The number of rotatable bonds is 1. The fraction of sp³-hybridized carbons (Fsp3) is 0.429. The summed E-state index contributed by atoms with van der Waals surface area (Å²) in [7, 11) is 0. The summed E-state index contributed by atoms with van der Waals surface area (Å²) in [6.45, 7) is 8.67. The van der Waals surface area contributed by atoms with Crippen molar-refractivity contribution in [2.45, 2.75) is 33.1 Å². The summed E-state index contributed by atoms with van der Waals surface area (Å²) >= 11 is 0. The predicted octanol–water partition coefficient (Wildman–Crippen LogP) is 3.62. The quantitative estimate of drug-likeness (QED) is 0.588. The molecule has 0 bridgehead atoms. The third-order valence-corrected chi connectivity index (χ3v) is 3.14. The van der Waals surface area contributed by atoms with Crippen molar-refractivity contribution in [2.75, 3.05) is 0 Å². The van der Waals surface area contributed by atoms with E-state index >= 15 is 0 Å². The first-order valence-electron chi connectivity index (χ1n) is 4.95. The molecule has 0 aliphatic carbocycles. The zero-order valence-corrected chi connectivity index (χ0v) is 9.46. The molecule has 0 radical (unpaired) electrons. The second kappa shape index (κ2) is 3.50. The molecule has 74 valence electrons. The lowest BCUT2D eigenvalue weighted by molar-refractivity contribution is 0.270. The van der Waals surface area contributed by atoms with Crippen LogP contribution in [0.15, 0.2) is 30.3 Å². The molecule has 0 spiro atoms. The van der Waals surface area contributed by atoms with Crippen molar-refractivity contribution in [3.05, 3.63) is 35.9 Å². The highest BCUT2D eigenvalue weighted by molar-refractivity contribution is 5.35. The van der Waals surface area contributed by atoms with Gasteiger partial charge in [-0.25, -0.2) is 0 Å². The Labute approximate surface area is 87.4 Å². The van der Waals surface area contributed by atoms with E-state index in [0.29, 0.717) is 0 Å². The van der Waals surface area contributed by atoms with Gasteiger partial charge in [0.2, 0.25) is 0 Å². The zero-order chi connectivity index (χ0) is 10.8. The average Bonchev–Trinajstić information content (AvgIpc) is 2.16. The van der Waals surface area contributed by atoms with Gasteiger partial charge in [0.05, 0.1) is 5.41 Å². The molecule has 0 amide bonds. The fourth-order valence-electron chi connectivity index (χ4n) is 1.50. The molecule has 0 heterocycles. The van der Waals surface area contributed by atoms with Gasteiger partial charge in [0.15, 0.2) is 0 Å². The monoisotopic (exact) mass is 186 g/mol. The van der Waals surface area contributed by atoms with Crippen LogP contribution in [0.3, 0.4) is 0 Å². The summed E-state index contributed by atoms with van der Waals surface area (Å²) in [5.41, 5.74) is 1.09. The summed E-state index contributed by atoms with van der Waals surface area (Å²) in [6, 6.07) is 10.3. The molecule has 14 heavy (non-hydrogen) atoms. The Hall–Kier alpha value is -1.22. The van der Waals surface area contributed by atoms with E-state index in [1.807, 2.05) is 18.2 Å². The van der Waals surface area contributed by atoms with Gasteiger partial charge in [0.1, 0.15) is 0 Å². The van der Waals surface area contributed by atoms with Gasteiger partial charge in [-0.15, -0.1) is 6.42 Å². The van der Waals surface area contributed by atoms with E-state index in [0.717, 1.165) is 0 Å². The van der Waals surface area contributed by atoms with Crippen LogP contribution in [0.25, 0.3) is 0 Å². The zero-order valence-electron chi connectivity index (χ0n) is 9.46. The van der Waals surface area contributed by atoms with E-state index < -0.39 is 0 Å². The van der Waals surface area contributed by atoms with E-state index in [2.05, 4.69) is 45.7 Å². The summed E-state index contributed by atoms with van der Waals surface area (Å²) in [6.07, 6.45) is 5.68. The Kier molecular flexibility index (Phi) is 2.71. The Morgan fingerprint density at radius 3 is 1.86 bits per heavy atom. The first kappa shape index (κ1) is 10.9. The smallest absolute Gasteiger partial charge is 0.0580 e. The Balaban J connectivity index is 3.25. The number of benzene rings is 1. The standard InChI is InChI=1S/C14H18/c1-6-14(5,13(2,3)4)12-10-8-7-9-11-12/h1,7-11H,2-5H3/t14-/m0/s1. The van der Waals surface area contributed by atoms with Gasteiger partial charge in [0.25, 0.3) is 0 Å². The van der Waals surface area contributed by atoms with Crippen LogP contribution in [-0.2, 0) is 5.41 Å². The summed E-state index contributed by atoms with van der Waals surface area (Å²) in [5, 5.41) is 0. The number of terminal acetylenes is 1. The lowest BCUT2D eigenvalue weighted by Crippen LogP contribution is -2.35. The Bertz CT molecular complexity index is 335. The SMILES string of the molecule is C#C[C@@](C)(c1ccccc1)C(C)(C)C. The van der Waals surface area contributed by atoms with Gasteiger partial charge >= 0.3 is 0 Å². The molecule has 0 unspecified atom stereocenters. The Morgan fingerprint density at radius 1 is 1.00 bits per heavy atom. The van der Waals surface area contributed by atoms with Crippen LogP contribution in [0, 0.1) is 17.8 Å². The third-order valence-electron chi connectivity index (χ3n) is 3.14. The van der Waals surface area contributed by atoms with Crippen LogP contribution >= 0.6 is 0 Å². The van der Waals surface area contributed by atoms with E-state index in [1.54, 1.807) is 0 Å². The average molecular weight is 186 g/mol. The van der Waals surface area contributed by atoms with Crippen molar-refractivity contribution in [3.63, 3.8) is 0 Å². The van der Waals surface area contributed by atoms with Crippen LogP contribution in [-0.4, -0.2) is 0 Å². The number of hydrogen-bond acceptors (Lipinski definition) is 0. The second-order valence-electron chi connectivity index (χ2n) is 4.89. The maximum absolute atomic E-state index is 5.68. The summed E-state index contributed by atoms with van der Waals surface area (Å²) in [4.78, 5) is 0. The molecule has 1 atom stereocenters. The van der Waals surface area contributed by atoms with Gasteiger partial charge in [-0.05, 0) is 17.9 Å². The summed E-state index contributed by atoms with van der Waals surface area (Å²) in [5.74, 6) is 2.93. The van der Waals surface area contributed by atoms with Gasteiger partial charge in [-0.2, -0.15) is 0 Å². The molecule has 0 aliphatic heterocycles. The predicted molar refractivity (Wildman–Crippen MR) is 62.1 cm³/mol. The van der Waals surface area contributed by atoms with Gasteiger partial charge in [0, 0.05) is 0 Å². The van der Waals surface area contributed by atoms with Crippen molar-refractivity contribution >= 4 is 0 Å². The molecule has 0 aliphatic rings. The number of hydrogen-bond donors (Lipinski definition) is 0. The molecule has 1 rings (SSSR count). The third kappa shape index (κ3) is 1.68. The van der Waals surface area contributed by atoms with E-state index in [1.165, 1.54) is 5.56 Å². The first-order chi connectivity index (χ1) is 6.42. The maximum Gasteiger partial charge on any atom is 0.0580 e. The van der Waals surface area contributed by atoms with Crippen molar-refractivity contribution in [1.82, 2.24) is 0 Å². The van der Waals surface area contributed by atoms with Crippen LogP contribution < -0.4 is 0 Å². The first-order valence-corrected chi connectivity index (χ1v) is 4.95. The molecular weight excluding hydrogens is 168 g/mol. The van der Waals surface area contributed by atoms with E-state index in [-0.39, 0.29) is 10.8 Å². The van der Waals surface area contributed by atoms with E-state index in [4.69, 9.17) is 6.42 Å². The fourth-order valence-corrected chi connectivity index (χ4v) is 1.50. The minimum atomic E-state index is -0.200. The molecule has 0 N–H and O–H groups in total. The van der Waals surface area contributed by atoms with Gasteiger partial charge in [-0.3, -0.25) is 0 Å². The van der Waals surface area contributed by atoms with Crippen molar-refractivity contribution in [3.8, 4) is 12.3 Å². The van der Waals surface area contributed by atoms with Crippen molar-refractivity contribution in [2.24, 2.45) is 5.41 Å². The lowest BCUT2D eigenvalue weighted by atomic mass is 9.64. The van der Waals surface area contributed by atoms with Gasteiger partial charge in [-0.1, -0.05) is 57.0 Å². The van der Waals surface area contributed by atoms with Crippen LogP contribution in [0.2, 0.25) is 0 Å². The minimum absolute atomic E-state index is 0.0725. The molecule has 0 fully saturated rings. The maximum atomic E-state index is 5.68. The lowest BCUT2D eigenvalue weighted by Gasteiger charge is -2.38.